The lowest BCUT2D eigenvalue weighted by atomic mass is 10.0. The first-order chi connectivity index (χ1) is 7.18. The molecule has 0 heterocycles. The third-order valence-electron chi connectivity index (χ3n) is 2.21. The van der Waals surface area contributed by atoms with Gasteiger partial charge in [0, 0.05) is 21.8 Å². The Morgan fingerprint density at radius 2 is 1.73 bits per heavy atom. The normalized spacial score (nSPS) is 10.2. The van der Waals surface area contributed by atoms with Crippen molar-refractivity contribution in [3.8, 4) is 16.9 Å². The maximum absolute atomic E-state index is 9.68. The Morgan fingerprint density at radius 1 is 1.00 bits per heavy atom. The number of halogens is 1. The standard InChI is InChI=1S/C12H10ClNO/c13-8-5-6-11(14)10(7-8)9-3-1-2-4-12(9)15/h1-7,15H,14H2. The number of anilines is 1. The maximum atomic E-state index is 9.68. The predicted octanol–water partition coefficient (Wildman–Crippen LogP) is 3.29. The Labute approximate surface area is 92.9 Å². The second-order valence-corrected chi connectivity index (χ2v) is 3.69. The number of phenols is 1. The van der Waals surface area contributed by atoms with Gasteiger partial charge in [0.1, 0.15) is 5.75 Å². The highest BCUT2D eigenvalue weighted by Crippen LogP contribution is 2.34. The lowest BCUT2D eigenvalue weighted by Gasteiger charge is -2.07. The number of nitrogen functional groups attached to an aromatic ring is 1. The summed E-state index contributed by atoms with van der Waals surface area (Å²) in [4.78, 5) is 0. The minimum Gasteiger partial charge on any atom is -0.507 e. The predicted molar refractivity (Wildman–Crippen MR) is 63.0 cm³/mol. The molecule has 2 aromatic carbocycles. The number of hydrogen-bond donors (Lipinski definition) is 2. The topological polar surface area (TPSA) is 46.2 Å². The van der Waals surface area contributed by atoms with Crippen LogP contribution in [0.2, 0.25) is 5.02 Å². The van der Waals surface area contributed by atoms with E-state index in [2.05, 4.69) is 0 Å². The van der Waals surface area contributed by atoms with E-state index < -0.39 is 0 Å². The molecule has 3 heteroatoms. The molecule has 2 nitrogen and oxygen atoms in total. The van der Waals surface area contributed by atoms with Crippen molar-refractivity contribution in [1.82, 2.24) is 0 Å². The Morgan fingerprint density at radius 3 is 2.47 bits per heavy atom. The fourth-order valence-electron chi connectivity index (χ4n) is 1.46. The van der Waals surface area contributed by atoms with E-state index in [4.69, 9.17) is 17.3 Å². The van der Waals surface area contributed by atoms with Gasteiger partial charge in [-0.05, 0) is 24.3 Å². The highest BCUT2D eigenvalue weighted by Gasteiger charge is 2.07. The number of benzene rings is 2. The number of phenolic OH excluding ortho intramolecular Hbond substituents is 1. The third-order valence-corrected chi connectivity index (χ3v) is 2.44. The van der Waals surface area contributed by atoms with Gasteiger partial charge in [0.15, 0.2) is 0 Å². The van der Waals surface area contributed by atoms with Crippen LogP contribution >= 0.6 is 11.6 Å². The van der Waals surface area contributed by atoms with E-state index >= 15 is 0 Å². The molecule has 0 radical (unpaired) electrons. The van der Waals surface area contributed by atoms with E-state index in [1.54, 1.807) is 36.4 Å². The van der Waals surface area contributed by atoms with E-state index in [1.807, 2.05) is 6.07 Å². The van der Waals surface area contributed by atoms with Crippen LogP contribution < -0.4 is 5.73 Å². The SMILES string of the molecule is Nc1ccc(Cl)cc1-c1ccccc1O. The van der Waals surface area contributed by atoms with E-state index in [0.717, 1.165) is 5.56 Å². The van der Waals surface area contributed by atoms with Crippen molar-refractivity contribution in [3.63, 3.8) is 0 Å². The number of para-hydroxylation sites is 1. The van der Waals surface area contributed by atoms with Crippen molar-refractivity contribution >= 4 is 17.3 Å². The largest absolute Gasteiger partial charge is 0.507 e. The molecule has 0 atom stereocenters. The van der Waals surface area contributed by atoms with Crippen LogP contribution in [0.1, 0.15) is 0 Å². The molecule has 76 valence electrons. The Bertz CT molecular complexity index is 497. The summed E-state index contributed by atoms with van der Waals surface area (Å²) >= 11 is 5.88. The molecule has 0 aliphatic rings. The van der Waals surface area contributed by atoms with E-state index in [0.29, 0.717) is 16.3 Å². The van der Waals surface area contributed by atoms with Gasteiger partial charge < -0.3 is 10.8 Å². The molecule has 0 unspecified atom stereocenters. The molecular formula is C12H10ClNO. The monoisotopic (exact) mass is 219 g/mol. The molecule has 15 heavy (non-hydrogen) atoms. The second-order valence-electron chi connectivity index (χ2n) is 3.25. The van der Waals surface area contributed by atoms with Gasteiger partial charge in [-0.25, -0.2) is 0 Å². The highest BCUT2D eigenvalue weighted by molar-refractivity contribution is 6.31. The van der Waals surface area contributed by atoms with Crippen molar-refractivity contribution in [2.45, 2.75) is 0 Å². The second kappa shape index (κ2) is 3.83. The molecular weight excluding hydrogens is 210 g/mol. The minimum absolute atomic E-state index is 0.200. The quantitative estimate of drug-likeness (QED) is 0.723. The van der Waals surface area contributed by atoms with Crippen LogP contribution in [0.4, 0.5) is 5.69 Å². The molecule has 3 N–H and O–H groups in total. The summed E-state index contributed by atoms with van der Waals surface area (Å²) in [5.41, 5.74) is 7.86. The van der Waals surface area contributed by atoms with Crippen LogP contribution in [0.25, 0.3) is 11.1 Å². The number of aromatic hydroxyl groups is 1. The van der Waals surface area contributed by atoms with Gasteiger partial charge >= 0.3 is 0 Å². The minimum atomic E-state index is 0.200. The van der Waals surface area contributed by atoms with Crippen LogP contribution in [0, 0.1) is 0 Å². The third kappa shape index (κ3) is 1.90. The molecule has 0 aromatic heterocycles. The Hall–Kier alpha value is -1.67. The fraction of sp³-hybridized carbons (Fsp3) is 0. The zero-order chi connectivity index (χ0) is 10.8. The summed E-state index contributed by atoms with van der Waals surface area (Å²) in [5, 5.41) is 10.3. The zero-order valence-corrected chi connectivity index (χ0v) is 8.70. The van der Waals surface area contributed by atoms with Gasteiger partial charge in [-0.1, -0.05) is 29.8 Å². The molecule has 0 bridgehead atoms. The number of nitrogens with two attached hydrogens (primary N) is 1. The fourth-order valence-corrected chi connectivity index (χ4v) is 1.64. The van der Waals surface area contributed by atoms with Crippen molar-refractivity contribution in [1.29, 1.82) is 0 Å². The van der Waals surface area contributed by atoms with E-state index in [-0.39, 0.29) is 5.75 Å². The van der Waals surface area contributed by atoms with Gasteiger partial charge in [-0.15, -0.1) is 0 Å². The maximum Gasteiger partial charge on any atom is 0.123 e. The molecule has 2 aromatic rings. The molecule has 0 fully saturated rings. The Kier molecular flexibility index (Phi) is 2.52. The summed E-state index contributed by atoms with van der Waals surface area (Å²) < 4.78 is 0. The van der Waals surface area contributed by atoms with Gasteiger partial charge in [-0.2, -0.15) is 0 Å². The van der Waals surface area contributed by atoms with Crippen LogP contribution in [0.15, 0.2) is 42.5 Å². The zero-order valence-electron chi connectivity index (χ0n) is 7.94. The van der Waals surface area contributed by atoms with Gasteiger partial charge in [0.05, 0.1) is 0 Å². The molecule has 2 rings (SSSR count). The lowest BCUT2D eigenvalue weighted by molar-refractivity contribution is 0.477. The van der Waals surface area contributed by atoms with Gasteiger partial charge in [-0.3, -0.25) is 0 Å². The van der Waals surface area contributed by atoms with Gasteiger partial charge in [0.2, 0.25) is 0 Å². The highest BCUT2D eigenvalue weighted by atomic mass is 35.5. The van der Waals surface area contributed by atoms with Crippen molar-refractivity contribution in [2.75, 3.05) is 5.73 Å². The molecule has 0 aliphatic carbocycles. The Balaban J connectivity index is 2.64. The van der Waals surface area contributed by atoms with E-state index in [9.17, 15) is 5.11 Å². The van der Waals surface area contributed by atoms with Gasteiger partial charge in [0.25, 0.3) is 0 Å². The van der Waals surface area contributed by atoms with Crippen molar-refractivity contribution in [3.05, 3.63) is 47.5 Å². The van der Waals surface area contributed by atoms with Crippen molar-refractivity contribution < 1.29 is 5.11 Å². The molecule has 0 aliphatic heterocycles. The summed E-state index contributed by atoms with van der Waals surface area (Å²) in [6.45, 7) is 0. The van der Waals surface area contributed by atoms with Crippen molar-refractivity contribution in [2.24, 2.45) is 0 Å². The average molecular weight is 220 g/mol. The summed E-state index contributed by atoms with van der Waals surface area (Å²) in [5.74, 6) is 0.200. The molecule has 0 amide bonds. The van der Waals surface area contributed by atoms with Crippen LogP contribution in [-0.2, 0) is 0 Å². The van der Waals surface area contributed by atoms with Crippen LogP contribution in [-0.4, -0.2) is 5.11 Å². The molecule has 0 spiro atoms. The van der Waals surface area contributed by atoms with E-state index in [1.165, 1.54) is 0 Å². The number of rotatable bonds is 1. The first-order valence-corrected chi connectivity index (χ1v) is 4.89. The summed E-state index contributed by atoms with van der Waals surface area (Å²) in [6.07, 6.45) is 0. The van der Waals surface area contributed by atoms with Crippen LogP contribution in [0.5, 0.6) is 5.75 Å². The first kappa shape index (κ1) is 9.87. The lowest BCUT2D eigenvalue weighted by Crippen LogP contribution is -1.89. The van der Waals surface area contributed by atoms with Crippen LogP contribution in [0.3, 0.4) is 0 Å². The summed E-state index contributed by atoms with van der Waals surface area (Å²) in [7, 11) is 0. The number of hydrogen-bond acceptors (Lipinski definition) is 2. The average Bonchev–Trinajstić information content (AvgIpc) is 2.23. The molecule has 0 saturated carbocycles. The smallest absolute Gasteiger partial charge is 0.123 e. The molecule has 0 saturated heterocycles. The summed E-state index contributed by atoms with van der Waals surface area (Å²) in [6, 6.07) is 12.2. The first-order valence-electron chi connectivity index (χ1n) is 4.52.